The van der Waals surface area contributed by atoms with Crippen LogP contribution in [0.1, 0.15) is 33.6 Å². The number of anilines is 1. The van der Waals surface area contributed by atoms with Gasteiger partial charge in [0.2, 0.25) is 11.1 Å². The minimum absolute atomic E-state index is 0.104. The number of carbonyl (C=O) groups is 1. The standard InChI is InChI=1S/C24H24BrN5OS/c1-14-5-6-15(2)18(11-14)12-21-16(3)26-23-28-24(29-30(23)17(21)4)32-13-22(31)27-20-9-7-19(25)8-10-20/h5-11H,12-13H2,1-4H3,(H,27,31). The monoisotopic (exact) mass is 509 g/mol. The van der Waals surface area contributed by atoms with E-state index in [4.69, 9.17) is 0 Å². The average molecular weight is 510 g/mol. The number of thioether (sulfide) groups is 1. The molecule has 0 atom stereocenters. The van der Waals surface area contributed by atoms with E-state index in [1.54, 1.807) is 4.52 Å². The van der Waals surface area contributed by atoms with Gasteiger partial charge in [0.1, 0.15) is 0 Å². The Morgan fingerprint density at radius 3 is 2.56 bits per heavy atom. The number of rotatable bonds is 6. The summed E-state index contributed by atoms with van der Waals surface area (Å²) in [7, 11) is 0. The Morgan fingerprint density at radius 1 is 1.06 bits per heavy atom. The lowest BCUT2D eigenvalue weighted by atomic mass is 9.97. The zero-order chi connectivity index (χ0) is 22.8. The molecule has 8 heteroatoms. The predicted molar refractivity (Wildman–Crippen MR) is 132 cm³/mol. The number of aromatic nitrogens is 4. The van der Waals surface area contributed by atoms with Gasteiger partial charge in [-0.05, 0) is 68.7 Å². The number of nitrogens with zero attached hydrogens (tertiary/aromatic N) is 4. The number of halogens is 1. The first kappa shape index (κ1) is 22.5. The highest BCUT2D eigenvalue weighted by atomic mass is 79.9. The third kappa shape index (κ3) is 5.02. The Morgan fingerprint density at radius 2 is 1.81 bits per heavy atom. The van der Waals surface area contributed by atoms with Crippen molar-refractivity contribution in [1.29, 1.82) is 0 Å². The van der Waals surface area contributed by atoms with Gasteiger partial charge in [-0.3, -0.25) is 4.79 Å². The van der Waals surface area contributed by atoms with E-state index in [1.165, 1.54) is 28.5 Å². The van der Waals surface area contributed by atoms with Gasteiger partial charge in [-0.25, -0.2) is 9.50 Å². The van der Waals surface area contributed by atoms with E-state index in [9.17, 15) is 4.79 Å². The molecule has 0 bridgehead atoms. The quantitative estimate of drug-likeness (QED) is 0.350. The molecule has 0 fully saturated rings. The van der Waals surface area contributed by atoms with E-state index in [2.05, 4.69) is 68.4 Å². The molecule has 0 aliphatic heterocycles. The fraction of sp³-hybridized carbons (Fsp3) is 0.250. The SMILES string of the molecule is Cc1ccc(C)c(Cc2c(C)nc3nc(SCC(=O)Nc4ccc(Br)cc4)nn3c2C)c1. The molecule has 0 saturated heterocycles. The summed E-state index contributed by atoms with van der Waals surface area (Å²) >= 11 is 4.69. The van der Waals surface area contributed by atoms with Gasteiger partial charge in [0.25, 0.3) is 5.78 Å². The van der Waals surface area contributed by atoms with Crippen molar-refractivity contribution in [3.63, 3.8) is 0 Å². The van der Waals surface area contributed by atoms with Crippen molar-refractivity contribution in [1.82, 2.24) is 19.6 Å². The van der Waals surface area contributed by atoms with E-state index in [0.29, 0.717) is 10.9 Å². The van der Waals surface area contributed by atoms with Crippen molar-refractivity contribution in [2.75, 3.05) is 11.1 Å². The zero-order valence-electron chi connectivity index (χ0n) is 18.4. The third-order valence-corrected chi connectivity index (χ3v) is 6.73. The number of fused-ring (bicyclic) bond motifs is 1. The molecule has 6 nitrogen and oxygen atoms in total. The second-order valence-electron chi connectivity index (χ2n) is 7.82. The largest absolute Gasteiger partial charge is 0.325 e. The summed E-state index contributed by atoms with van der Waals surface area (Å²) < 4.78 is 2.75. The second kappa shape index (κ2) is 9.42. The van der Waals surface area contributed by atoms with Crippen LogP contribution in [-0.2, 0) is 11.2 Å². The first-order valence-corrected chi connectivity index (χ1v) is 12.0. The summed E-state index contributed by atoms with van der Waals surface area (Å²) in [5, 5.41) is 8.02. The fourth-order valence-electron chi connectivity index (χ4n) is 3.55. The minimum atomic E-state index is -0.104. The maximum atomic E-state index is 12.3. The lowest BCUT2D eigenvalue weighted by molar-refractivity contribution is -0.113. The van der Waals surface area contributed by atoms with Crippen LogP contribution in [-0.4, -0.2) is 31.2 Å². The number of hydrogen-bond donors (Lipinski definition) is 1. The molecule has 0 saturated carbocycles. The lowest BCUT2D eigenvalue weighted by Gasteiger charge is -2.12. The van der Waals surface area contributed by atoms with Crippen molar-refractivity contribution >= 4 is 45.1 Å². The highest BCUT2D eigenvalue weighted by Gasteiger charge is 2.16. The highest BCUT2D eigenvalue weighted by molar-refractivity contribution is 9.10. The van der Waals surface area contributed by atoms with Gasteiger partial charge in [-0.1, -0.05) is 51.5 Å². The van der Waals surface area contributed by atoms with Crippen molar-refractivity contribution in [2.45, 2.75) is 39.3 Å². The Bertz CT molecular complexity index is 1300. The van der Waals surface area contributed by atoms with Crippen molar-refractivity contribution < 1.29 is 4.79 Å². The number of benzene rings is 2. The molecule has 4 aromatic rings. The number of hydrogen-bond acceptors (Lipinski definition) is 5. The van der Waals surface area contributed by atoms with Crippen molar-refractivity contribution in [2.24, 2.45) is 0 Å². The number of nitrogens with one attached hydrogen (secondary N) is 1. The molecule has 0 aliphatic carbocycles. The van der Waals surface area contributed by atoms with Gasteiger partial charge < -0.3 is 5.32 Å². The summed E-state index contributed by atoms with van der Waals surface area (Å²) in [5.74, 6) is 0.675. The molecule has 0 unspecified atom stereocenters. The van der Waals surface area contributed by atoms with Crippen molar-refractivity contribution in [3.05, 3.63) is 80.6 Å². The molecule has 0 aliphatic rings. The summed E-state index contributed by atoms with van der Waals surface area (Å²) in [5.41, 5.74) is 7.68. The zero-order valence-corrected chi connectivity index (χ0v) is 20.8. The fourth-order valence-corrected chi connectivity index (χ4v) is 4.43. The Kier molecular flexibility index (Phi) is 6.62. The van der Waals surface area contributed by atoms with Crippen LogP contribution in [0, 0.1) is 27.7 Å². The molecule has 4 rings (SSSR count). The smallest absolute Gasteiger partial charge is 0.253 e. The summed E-state index contributed by atoms with van der Waals surface area (Å²) in [6.07, 6.45) is 0.798. The minimum Gasteiger partial charge on any atom is -0.325 e. The van der Waals surface area contributed by atoms with E-state index in [0.717, 1.165) is 33.5 Å². The summed E-state index contributed by atoms with van der Waals surface area (Å²) in [4.78, 5) is 21.5. The van der Waals surface area contributed by atoms with Crippen LogP contribution in [0.4, 0.5) is 5.69 Å². The predicted octanol–water partition coefficient (Wildman–Crippen LogP) is 5.44. The first-order chi connectivity index (χ1) is 15.3. The van der Waals surface area contributed by atoms with Gasteiger partial charge in [0, 0.05) is 28.0 Å². The van der Waals surface area contributed by atoms with E-state index in [1.807, 2.05) is 38.1 Å². The van der Waals surface area contributed by atoms with Gasteiger partial charge in [-0.2, -0.15) is 4.98 Å². The Balaban J connectivity index is 1.51. The normalized spacial score (nSPS) is 11.2. The topological polar surface area (TPSA) is 72.2 Å². The third-order valence-electron chi connectivity index (χ3n) is 5.36. The van der Waals surface area contributed by atoms with Crippen LogP contribution in [0.3, 0.4) is 0 Å². The summed E-state index contributed by atoms with van der Waals surface area (Å²) in [6.45, 7) is 8.30. The van der Waals surface area contributed by atoms with Crippen LogP contribution >= 0.6 is 27.7 Å². The van der Waals surface area contributed by atoms with E-state index < -0.39 is 0 Å². The van der Waals surface area contributed by atoms with Gasteiger partial charge in [0.05, 0.1) is 5.75 Å². The number of carbonyl (C=O) groups excluding carboxylic acids is 1. The maximum Gasteiger partial charge on any atom is 0.253 e. The highest BCUT2D eigenvalue weighted by Crippen LogP contribution is 2.23. The number of aryl methyl sites for hydroxylation is 4. The molecule has 2 aromatic heterocycles. The molecule has 2 heterocycles. The Hall–Kier alpha value is -2.71. The van der Waals surface area contributed by atoms with E-state index in [-0.39, 0.29) is 11.7 Å². The van der Waals surface area contributed by atoms with Crippen LogP contribution in [0.5, 0.6) is 0 Å². The molecule has 1 amide bonds. The van der Waals surface area contributed by atoms with Crippen LogP contribution < -0.4 is 5.32 Å². The Labute approximate surface area is 200 Å². The van der Waals surface area contributed by atoms with Gasteiger partial charge in [-0.15, -0.1) is 5.10 Å². The average Bonchev–Trinajstić information content (AvgIpc) is 3.16. The molecule has 1 N–H and O–H groups in total. The van der Waals surface area contributed by atoms with Crippen LogP contribution in [0.2, 0.25) is 0 Å². The van der Waals surface area contributed by atoms with Gasteiger partial charge in [0.15, 0.2) is 0 Å². The molecule has 0 radical (unpaired) electrons. The molecular formula is C24H24BrN5OS. The molecule has 164 valence electrons. The van der Waals surface area contributed by atoms with E-state index >= 15 is 0 Å². The van der Waals surface area contributed by atoms with Gasteiger partial charge >= 0.3 is 0 Å². The molecule has 32 heavy (non-hydrogen) atoms. The lowest BCUT2D eigenvalue weighted by Crippen LogP contribution is -2.14. The number of amides is 1. The van der Waals surface area contributed by atoms with Crippen LogP contribution in [0.15, 0.2) is 52.1 Å². The first-order valence-electron chi connectivity index (χ1n) is 10.3. The molecular weight excluding hydrogens is 486 g/mol. The maximum absolute atomic E-state index is 12.3. The molecule has 0 spiro atoms. The van der Waals surface area contributed by atoms with Crippen LogP contribution in [0.25, 0.3) is 5.78 Å². The van der Waals surface area contributed by atoms with Crippen molar-refractivity contribution in [3.8, 4) is 0 Å². The second-order valence-corrected chi connectivity index (χ2v) is 9.68. The summed E-state index contributed by atoms with van der Waals surface area (Å²) in [6, 6.07) is 14.0. The molecule has 2 aromatic carbocycles.